The molecule has 0 aliphatic heterocycles. The summed E-state index contributed by atoms with van der Waals surface area (Å²) in [5, 5.41) is 16.7. The first-order chi connectivity index (χ1) is 12.4. The third-order valence-corrected chi connectivity index (χ3v) is 4.27. The van der Waals surface area contributed by atoms with E-state index in [0.717, 1.165) is 22.5 Å². The Labute approximate surface area is 151 Å². The van der Waals surface area contributed by atoms with Crippen molar-refractivity contribution in [3.05, 3.63) is 58.1 Å². The summed E-state index contributed by atoms with van der Waals surface area (Å²) in [6.45, 7) is 4.38. The van der Waals surface area contributed by atoms with Crippen molar-refractivity contribution in [1.82, 2.24) is 19.7 Å². The summed E-state index contributed by atoms with van der Waals surface area (Å²) in [7, 11) is 3.86. The number of aromatic nitrogens is 4. The summed E-state index contributed by atoms with van der Waals surface area (Å²) < 4.78 is 1.57. The van der Waals surface area contributed by atoms with Crippen molar-refractivity contribution in [2.75, 3.05) is 19.0 Å². The van der Waals surface area contributed by atoms with Gasteiger partial charge in [0.15, 0.2) is 5.82 Å². The van der Waals surface area contributed by atoms with Crippen molar-refractivity contribution < 1.29 is 5.11 Å². The van der Waals surface area contributed by atoms with Crippen LogP contribution in [0.5, 0.6) is 5.75 Å². The topological polar surface area (TPSA) is 87.0 Å². The maximum atomic E-state index is 12.2. The number of anilines is 1. The fourth-order valence-corrected chi connectivity index (χ4v) is 2.80. The highest BCUT2D eigenvalue weighted by Gasteiger charge is 2.14. The van der Waals surface area contributed by atoms with Crippen molar-refractivity contribution in [2.24, 2.45) is 0 Å². The molecule has 26 heavy (non-hydrogen) atoms. The zero-order valence-electron chi connectivity index (χ0n) is 15.4. The number of H-pyrrole nitrogens is 1. The summed E-state index contributed by atoms with van der Waals surface area (Å²) in [6.07, 6.45) is 1.76. The monoisotopic (exact) mass is 353 g/mol. The van der Waals surface area contributed by atoms with Crippen LogP contribution in [0.15, 0.2) is 41.3 Å². The number of aromatic hydroxyl groups is 1. The summed E-state index contributed by atoms with van der Waals surface area (Å²) in [4.78, 5) is 18.6. The number of pyridine rings is 1. The van der Waals surface area contributed by atoms with Gasteiger partial charge in [0.1, 0.15) is 11.6 Å². The fourth-order valence-electron chi connectivity index (χ4n) is 2.80. The van der Waals surface area contributed by atoms with E-state index in [0.29, 0.717) is 12.4 Å². The number of rotatable bonds is 5. The molecule has 3 rings (SSSR count). The number of hydrogen-bond acceptors (Lipinski definition) is 5. The molecule has 0 amide bonds. The molecular weight excluding hydrogens is 330 g/mol. The van der Waals surface area contributed by atoms with Crippen LogP contribution in [-0.2, 0) is 6.54 Å². The molecule has 0 aliphatic rings. The van der Waals surface area contributed by atoms with E-state index < -0.39 is 0 Å². The van der Waals surface area contributed by atoms with Crippen LogP contribution in [-0.4, -0.2) is 39.0 Å². The summed E-state index contributed by atoms with van der Waals surface area (Å²) in [6, 6.07) is 9.14. The smallest absolute Gasteiger partial charge is 0.343 e. The van der Waals surface area contributed by atoms with E-state index in [1.165, 1.54) is 0 Å². The Kier molecular flexibility index (Phi) is 4.79. The van der Waals surface area contributed by atoms with E-state index in [2.05, 4.69) is 15.2 Å². The van der Waals surface area contributed by atoms with Gasteiger partial charge < -0.3 is 10.0 Å². The quantitative estimate of drug-likeness (QED) is 0.736. The maximum Gasteiger partial charge on any atom is 0.343 e. The van der Waals surface area contributed by atoms with Crippen LogP contribution >= 0.6 is 0 Å². The average molecular weight is 353 g/mol. The fraction of sp³-hybridized carbons (Fsp3) is 0.316. The van der Waals surface area contributed by atoms with Gasteiger partial charge in [-0.3, -0.25) is 4.57 Å². The molecule has 1 aromatic carbocycles. The number of phenols is 1. The second-order valence-electron chi connectivity index (χ2n) is 6.79. The van der Waals surface area contributed by atoms with E-state index in [1.54, 1.807) is 22.9 Å². The van der Waals surface area contributed by atoms with Crippen LogP contribution in [0.2, 0.25) is 0 Å². The minimum absolute atomic E-state index is 0.164. The molecule has 0 fully saturated rings. The van der Waals surface area contributed by atoms with Crippen LogP contribution < -0.4 is 10.6 Å². The molecule has 2 heterocycles. The van der Waals surface area contributed by atoms with Crippen LogP contribution in [0.1, 0.15) is 30.9 Å². The third-order valence-electron chi connectivity index (χ3n) is 4.27. The van der Waals surface area contributed by atoms with Gasteiger partial charge in [-0.1, -0.05) is 19.9 Å². The highest BCUT2D eigenvalue weighted by molar-refractivity contribution is 5.59. The van der Waals surface area contributed by atoms with Crippen LogP contribution in [0, 0.1) is 0 Å². The third kappa shape index (κ3) is 3.46. The average Bonchev–Trinajstić information content (AvgIpc) is 2.96. The van der Waals surface area contributed by atoms with E-state index >= 15 is 0 Å². The van der Waals surface area contributed by atoms with Crippen molar-refractivity contribution in [3.8, 4) is 17.1 Å². The number of phenolic OH excluding ortho intramolecular Hbond substituents is 1. The molecule has 3 aromatic rings. The molecule has 0 atom stereocenters. The normalized spacial score (nSPS) is 11.1. The number of nitrogens with one attached hydrogen (secondary N) is 1. The van der Waals surface area contributed by atoms with Crippen molar-refractivity contribution in [1.29, 1.82) is 0 Å². The SMILES string of the molecule is CC(C)c1cc(-c2n[nH]c(=O)n2Cc2ccc(N(C)C)nc2)ccc1O. The van der Waals surface area contributed by atoms with Gasteiger partial charge in [0.2, 0.25) is 0 Å². The zero-order valence-corrected chi connectivity index (χ0v) is 15.4. The predicted molar refractivity (Wildman–Crippen MR) is 102 cm³/mol. The number of hydrogen-bond donors (Lipinski definition) is 2. The molecular formula is C19H23N5O2. The van der Waals surface area contributed by atoms with E-state index in [1.807, 2.05) is 51.0 Å². The molecule has 2 aromatic heterocycles. The van der Waals surface area contributed by atoms with E-state index in [-0.39, 0.29) is 17.4 Å². The standard InChI is InChI=1S/C19H23N5O2/c1-12(2)15-9-14(6-7-16(15)25)18-21-22-19(26)24(18)11-13-5-8-17(20-10-13)23(3)4/h5-10,12,25H,11H2,1-4H3,(H,22,26). The molecule has 0 saturated carbocycles. The van der Waals surface area contributed by atoms with Gasteiger partial charge in [0.05, 0.1) is 6.54 Å². The molecule has 7 nitrogen and oxygen atoms in total. The van der Waals surface area contributed by atoms with Gasteiger partial charge in [0, 0.05) is 25.9 Å². The van der Waals surface area contributed by atoms with Gasteiger partial charge in [-0.25, -0.2) is 14.9 Å². The number of nitrogens with zero attached hydrogens (tertiary/aromatic N) is 4. The first-order valence-electron chi connectivity index (χ1n) is 8.47. The Morgan fingerprint density at radius 2 is 2.00 bits per heavy atom. The van der Waals surface area contributed by atoms with Gasteiger partial charge in [-0.05, 0) is 41.3 Å². The summed E-state index contributed by atoms with van der Waals surface area (Å²) >= 11 is 0. The van der Waals surface area contributed by atoms with E-state index in [9.17, 15) is 9.90 Å². The van der Waals surface area contributed by atoms with Gasteiger partial charge >= 0.3 is 5.69 Å². The molecule has 136 valence electrons. The Balaban J connectivity index is 1.97. The molecule has 0 radical (unpaired) electrons. The van der Waals surface area contributed by atoms with Crippen LogP contribution in [0.3, 0.4) is 0 Å². The van der Waals surface area contributed by atoms with Crippen molar-refractivity contribution in [3.63, 3.8) is 0 Å². The predicted octanol–water partition coefficient (Wildman–Crippen LogP) is 2.58. The Hall–Kier alpha value is -3.09. The molecule has 7 heteroatoms. The highest BCUT2D eigenvalue weighted by Crippen LogP contribution is 2.29. The number of benzene rings is 1. The van der Waals surface area contributed by atoms with E-state index in [4.69, 9.17) is 0 Å². The molecule has 2 N–H and O–H groups in total. The van der Waals surface area contributed by atoms with Crippen LogP contribution in [0.4, 0.5) is 5.82 Å². The Bertz CT molecular complexity index is 955. The largest absolute Gasteiger partial charge is 0.508 e. The minimum Gasteiger partial charge on any atom is -0.508 e. The van der Waals surface area contributed by atoms with Gasteiger partial charge in [-0.2, -0.15) is 5.10 Å². The molecule has 0 bridgehead atoms. The first kappa shape index (κ1) is 17.7. The van der Waals surface area contributed by atoms with Crippen molar-refractivity contribution >= 4 is 5.82 Å². The zero-order chi connectivity index (χ0) is 18.8. The lowest BCUT2D eigenvalue weighted by atomic mass is 9.99. The van der Waals surface area contributed by atoms with Gasteiger partial charge in [0.25, 0.3) is 0 Å². The minimum atomic E-state index is -0.282. The Morgan fingerprint density at radius 3 is 2.62 bits per heavy atom. The first-order valence-corrected chi connectivity index (χ1v) is 8.47. The summed E-state index contributed by atoms with van der Waals surface area (Å²) in [5.41, 5.74) is 2.23. The number of aromatic amines is 1. The molecule has 0 aliphatic carbocycles. The molecule has 0 unspecified atom stereocenters. The lowest BCUT2D eigenvalue weighted by molar-refractivity contribution is 0.465. The lowest BCUT2D eigenvalue weighted by Gasteiger charge is -2.13. The van der Waals surface area contributed by atoms with Crippen molar-refractivity contribution in [2.45, 2.75) is 26.3 Å². The Morgan fingerprint density at radius 1 is 1.23 bits per heavy atom. The second-order valence-corrected chi connectivity index (χ2v) is 6.79. The second kappa shape index (κ2) is 7.03. The highest BCUT2D eigenvalue weighted by atomic mass is 16.3. The molecule has 0 spiro atoms. The van der Waals surface area contributed by atoms with Crippen LogP contribution in [0.25, 0.3) is 11.4 Å². The lowest BCUT2D eigenvalue weighted by Crippen LogP contribution is -2.19. The summed E-state index contributed by atoms with van der Waals surface area (Å²) in [5.74, 6) is 1.80. The maximum absolute atomic E-state index is 12.2. The van der Waals surface area contributed by atoms with Gasteiger partial charge in [-0.15, -0.1) is 0 Å². The molecule has 0 saturated heterocycles.